The summed E-state index contributed by atoms with van der Waals surface area (Å²) in [5.74, 6) is -0.938. The van der Waals surface area contributed by atoms with Crippen molar-refractivity contribution >= 4 is 33.3 Å². The van der Waals surface area contributed by atoms with Crippen molar-refractivity contribution in [2.45, 2.75) is 38.5 Å². The Morgan fingerprint density at radius 1 is 0.914 bits per heavy atom. The van der Waals surface area contributed by atoms with Crippen LogP contribution >= 0.6 is 0 Å². The standard InChI is InChI=1S/C27H30N2O5S/c1-4-5-17-34-27(31)22-11-13-23(14-12-22)28-26(30)19-29(24-8-6-7-21(3)18-24)35(32,33)25-15-9-20(2)10-16-25/h6-16,18H,4-5,17,19H2,1-3H3,(H,28,30). The van der Waals surface area contributed by atoms with E-state index in [-0.39, 0.29) is 4.90 Å². The molecule has 0 spiro atoms. The molecule has 0 radical (unpaired) electrons. The first-order chi connectivity index (χ1) is 16.7. The molecule has 0 atom stereocenters. The molecule has 7 nitrogen and oxygen atoms in total. The molecule has 3 aromatic rings. The Kier molecular flexibility index (Phi) is 8.65. The molecule has 184 valence electrons. The molecule has 0 aliphatic heterocycles. The fourth-order valence-electron chi connectivity index (χ4n) is 3.35. The van der Waals surface area contributed by atoms with Crippen molar-refractivity contribution in [3.05, 3.63) is 89.5 Å². The van der Waals surface area contributed by atoms with E-state index in [9.17, 15) is 18.0 Å². The van der Waals surface area contributed by atoms with Gasteiger partial charge in [0, 0.05) is 5.69 Å². The monoisotopic (exact) mass is 494 g/mol. The van der Waals surface area contributed by atoms with Gasteiger partial charge >= 0.3 is 5.97 Å². The molecule has 0 bridgehead atoms. The number of nitrogens with one attached hydrogen (secondary N) is 1. The number of sulfonamides is 1. The Labute approximate surface area is 206 Å². The van der Waals surface area contributed by atoms with E-state index in [2.05, 4.69) is 5.32 Å². The van der Waals surface area contributed by atoms with Crippen LogP contribution in [-0.2, 0) is 19.6 Å². The first-order valence-electron chi connectivity index (χ1n) is 11.4. The first kappa shape index (κ1) is 26.0. The largest absolute Gasteiger partial charge is 0.462 e. The van der Waals surface area contributed by atoms with Gasteiger partial charge in [0.15, 0.2) is 0 Å². The van der Waals surface area contributed by atoms with Crippen molar-refractivity contribution in [1.82, 2.24) is 0 Å². The van der Waals surface area contributed by atoms with Crippen LogP contribution in [0.4, 0.5) is 11.4 Å². The normalized spacial score (nSPS) is 11.1. The van der Waals surface area contributed by atoms with Crippen molar-refractivity contribution in [2.24, 2.45) is 0 Å². The fourth-order valence-corrected chi connectivity index (χ4v) is 4.76. The Hall–Kier alpha value is -3.65. The van der Waals surface area contributed by atoms with Crippen molar-refractivity contribution in [1.29, 1.82) is 0 Å². The van der Waals surface area contributed by atoms with E-state index in [1.807, 2.05) is 26.8 Å². The predicted molar refractivity (Wildman–Crippen MR) is 137 cm³/mol. The molecule has 0 heterocycles. The lowest BCUT2D eigenvalue weighted by Gasteiger charge is -2.24. The summed E-state index contributed by atoms with van der Waals surface area (Å²) in [4.78, 5) is 25.1. The van der Waals surface area contributed by atoms with Crippen molar-refractivity contribution in [2.75, 3.05) is 22.8 Å². The molecule has 3 rings (SSSR count). The molecule has 0 fully saturated rings. The number of aryl methyl sites for hydroxylation is 2. The zero-order chi connectivity index (χ0) is 25.4. The summed E-state index contributed by atoms with van der Waals surface area (Å²) in [6.07, 6.45) is 1.72. The molecule has 1 N–H and O–H groups in total. The zero-order valence-corrected chi connectivity index (χ0v) is 21.0. The second-order valence-electron chi connectivity index (χ2n) is 8.28. The minimum absolute atomic E-state index is 0.100. The highest BCUT2D eigenvalue weighted by Crippen LogP contribution is 2.25. The number of hydrogen-bond donors (Lipinski definition) is 1. The van der Waals surface area contributed by atoms with Crippen molar-refractivity contribution < 1.29 is 22.7 Å². The lowest BCUT2D eigenvalue weighted by molar-refractivity contribution is -0.114. The van der Waals surface area contributed by atoms with Crippen LogP contribution in [0.3, 0.4) is 0 Å². The number of ether oxygens (including phenoxy) is 1. The zero-order valence-electron chi connectivity index (χ0n) is 20.2. The van der Waals surface area contributed by atoms with E-state index in [4.69, 9.17) is 4.74 Å². The van der Waals surface area contributed by atoms with E-state index >= 15 is 0 Å². The highest BCUT2D eigenvalue weighted by molar-refractivity contribution is 7.92. The summed E-state index contributed by atoms with van der Waals surface area (Å²) in [6, 6.07) is 19.8. The molecule has 0 aliphatic carbocycles. The summed E-state index contributed by atoms with van der Waals surface area (Å²) in [5.41, 5.74) is 3.01. The quantitative estimate of drug-likeness (QED) is 0.313. The van der Waals surface area contributed by atoms with Gasteiger partial charge in [-0.15, -0.1) is 0 Å². The highest BCUT2D eigenvalue weighted by Gasteiger charge is 2.27. The van der Waals surface area contributed by atoms with Crippen LogP contribution in [0.1, 0.15) is 41.3 Å². The third kappa shape index (κ3) is 6.93. The van der Waals surface area contributed by atoms with Gasteiger partial charge in [-0.05, 0) is 74.4 Å². The summed E-state index contributed by atoms with van der Waals surface area (Å²) < 4.78 is 33.2. The van der Waals surface area contributed by atoms with Crippen molar-refractivity contribution in [3.8, 4) is 0 Å². The number of carbonyl (C=O) groups is 2. The van der Waals surface area contributed by atoms with Gasteiger partial charge in [-0.3, -0.25) is 9.10 Å². The Morgan fingerprint density at radius 2 is 1.60 bits per heavy atom. The van der Waals surface area contributed by atoms with Gasteiger partial charge in [0.25, 0.3) is 10.0 Å². The second-order valence-corrected chi connectivity index (χ2v) is 10.1. The van der Waals surface area contributed by atoms with Crippen molar-refractivity contribution in [3.63, 3.8) is 0 Å². The number of benzene rings is 3. The number of carbonyl (C=O) groups excluding carboxylic acids is 2. The van der Waals surface area contributed by atoms with Gasteiger partial charge in [0.2, 0.25) is 5.91 Å². The van der Waals surface area contributed by atoms with E-state index in [1.54, 1.807) is 54.6 Å². The van der Waals surface area contributed by atoms with E-state index in [0.717, 1.165) is 28.3 Å². The molecule has 3 aromatic carbocycles. The van der Waals surface area contributed by atoms with Gasteiger partial charge in [0.05, 0.1) is 22.8 Å². The fraction of sp³-hybridized carbons (Fsp3) is 0.259. The Balaban J connectivity index is 1.78. The summed E-state index contributed by atoms with van der Waals surface area (Å²) in [6.45, 7) is 5.68. The number of hydrogen-bond acceptors (Lipinski definition) is 5. The number of amides is 1. The van der Waals surface area contributed by atoms with Crippen LogP contribution in [0.25, 0.3) is 0 Å². The van der Waals surface area contributed by atoms with Crippen LogP contribution in [0.15, 0.2) is 77.7 Å². The van der Waals surface area contributed by atoms with Crippen LogP contribution in [0.2, 0.25) is 0 Å². The lowest BCUT2D eigenvalue weighted by atomic mass is 10.2. The summed E-state index contributed by atoms with van der Waals surface area (Å²) >= 11 is 0. The van der Waals surface area contributed by atoms with Gasteiger partial charge < -0.3 is 10.1 Å². The highest BCUT2D eigenvalue weighted by atomic mass is 32.2. The third-order valence-electron chi connectivity index (χ3n) is 5.32. The van der Waals surface area contributed by atoms with Crippen LogP contribution in [-0.4, -0.2) is 33.4 Å². The van der Waals surface area contributed by atoms with Gasteiger partial charge in [0.1, 0.15) is 6.54 Å². The Morgan fingerprint density at radius 3 is 2.23 bits per heavy atom. The number of rotatable bonds is 10. The number of unbranched alkanes of at least 4 members (excludes halogenated alkanes) is 1. The minimum atomic E-state index is -3.99. The number of anilines is 2. The molecular formula is C27H30N2O5S. The maximum atomic E-state index is 13.5. The maximum Gasteiger partial charge on any atom is 0.338 e. The Bertz CT molecular complexity index is 1270. The van der Waals surface area contributed by atoms with Crippen LogP contribution in [0, 0.1) is 13.8 Å². The average Bonchev–Trinajstić information content (AvgIpc) is 2.83. The molecule has 35 heavy (non-hydrogen) atoms. The number of nitrogens with zero attached hydrogens (tertiary/aromatic N) is 1. The molecular weight excluding hydrogens is 464 g/mol. The molecule has 8 heteroatoms. The molecule has 1 amide bonds. The molecule has 0 saturated heterocycles. The maximum absolute atomic E-state index is 13.5. The van der Waals surface area contributed by atoms with E-state index in [1.165, 1.54) is 12.1 Å². The lowest BCUT2D eigenvalue weighted by Crippen LogP contribution is -2.38. The van der Waals surface area contributed by atoms with Crippen LogP contribution in [0.5, 0.6) is 0 Å². The molecule has 0 saturated carbocycles. The number of esters is 1. The van der Waals surface area contributed by atoms with Gasteiger partial charge in [-0.25, -0.2) is 13.2 Å². The first-order valence-corrected chi connectivity index (χ1v) is 12.9. The SMILES string of the molecule is CCCCOC(=O)c1ccc(NC(=O)CN(c2cccc(C)c2)S(=O)(=O)c2ccc(C)cc2)cc1. The topological polar surface area (TPSA) is 92.8 Å². The molecule has 0 aliphatic rings. The third-order valence-corrected chi connectivity index (χ3v) is 7.11. The van der Waals surface area contributed by atoms with E-state index < -0.39 is 28.4 Å². The van der Waals surface area contributed by atoms with Crippen LogP contribution < -0.4 is 9.62 Å². The minimum Gasteiger partial charge on any atom is -0.462 e. The summed E-state index contributed by atoms with van der Waals surface area (Å²) in [5, 5.41) is 2.71. The smallest absolute Gasteiger partial charge is 0.338 e. The van der Waals surface area contributed by atoms with Gasteiger partial charge in [-0.2, -0.15) is 0 Å². The van der Waals surface area contributed by atoms with E-state index in [0.29, 0.717) is 23.5 Å². The molecule has 0 unspecified atom stereocenters. The van der Waals surface area contributed by atoms with Gasteiger partial charge in [-0.1, -0.05) is 43.2 Å². The predicted octanol–water partition coefficient (Wildman–Crippen LogP) is 5.09. The average molecular weight is 495 g/mol. The second kappa shape index (κ2) is 11.7. The molecule has 0 aromatic heterocycles. The summed E-state index contributed by atoms with van der Waals surface area (Å²) in [7, 11) is -3.99.